The summed E-state index contributed by atoms with van der Waals surface area (Å²) in [6.07, 6.45) is 0. The first-order valence-electron chi connectivity index (χ1n) is 7.77. The Morgan fingerprint density at radius 1 is 1.22 bits per heavy atom. The molecule has 0 aliphatic rings. The van der Waals surface area contributed by atoms with E-state index in [0.717, 1.165) is 34.5 Å². The average molecular weight is 308 g/mol. The van der Waals surface area contributed by atoms with Crippen LogP contribution in [-0.2, 0) is 13.1 Å². The molecule has 3 aromatic rings. The van der Waals surface area contributed by atoms with E-state index in [0.29, 0.717) is 12.1 Å². The summed E-state index contributed by atoms with van der Waals surface area (Å²) in [4.78, 5) is 17.2. The van der Waals surface area contributed by atoms with Crippen LogP contribution in [0.1, 0.15) is 34.2 Å². The Kier molecular flexibility index (Phi) is 4.10. The Bertz CT molecular complexity index is 852. The van der Waals surface area contributed by atoms with Crippen molar-refractivity contribution in [3.05, 3.63) is 58.9 Å². The summed E-state index contributed by atoms with van der Waals surface area (Å²) >= 11 is 0. The van der Waals surface area contributed by atoms with Crippen LogP contribution >= 0.6 is 0 Å². The molecule has 23 heavy (non-hydrogen) atoms. The van der Waals surface area contributed by atoms with Crippen molar-refractivity contribution in [2.75, 3.05) is 0 Å². The molecule has 0 saturated heterocycles. The standard InChI is InChI=1S/C18H20N4O/c1-4-22-17-16(13(3)21-22)15(10-12(2)20-17)18(23)19-11-14-8-6-5-7-9-14/h5-10H,4,11H2,1-3H3,(H,19,23). The number of rotatable bonds is 4. The number of hydrogen-bond donors (Lipinski definition) is 1. The molecular weight excluding hydrogens is 288 g/mol. The minimum atomic E-state index is -0.0943. The second-order valence-electron chi connectivity index (χ2n) is 5.58. The number of aryl methyl sites for hydroxylation is 3. The molecule has 0 aliphatic carbocycles. The molecule has 0 radical (unpaired) electrons. The molecule has 2 heterocycles. The van der Waals surface area contributed by atoms with Crippen molar-refractivity contribution in [3.8, 4) is 0 Å². The van der Waals surface area contributed by atoms with Crippen molar-refractivity contribution in [3.63, 3.8) is 0 Å². The van der Waals surface area contributed by atoms with Gasteiger partial charge in [-0.05, 0) is 32.4 Å². The molecule has 3 rings (SSSR count). The summed E-state index contributed by atoms with van der Waals surface area (Å²) in [7, 11) is 0. The number of nitrogens with zero attached hydrogens (tertiary/aromatic N) is 3. The Labute approximate surface area is 135 Å². The van der Waals surface area contributed by atoms with Gasteiger partial charge in [0.15, 0.2) is 5.65 Å². The first-order chi connectivity index (χ1) is 11.1. The zero-order valence-electron chi connectivity index (χ0n) is 13.6. The van der Waals surface area contributed by atoms with Crippen LogP contribution in [0.5, 0.6) is 0 Å². The van der Waals surface area contributed by atoms with Crippen LogP contribution in [0, 0.1) is 13.8 Å². The topological polar surface area (TPSA) is 59.8 Å². The van der Waals surface area contributed by atoms with Gasteiger partial charge < -0.3 is 5.32 Å². The zero-order valence-corrected chi connectivity index (χ0v) is 13.6. The van der Waals surface area contributed by atoms with E-state index in [1.165, 1.54) is 0 Å². The maximum Gasteiger partial charge on any atom is 0.252 e. The lowest BCUT2D eigenvalue weighted by atomic mass is 10.1. The highest BCUT2D eigenvalue weighted by atomic mass is 16.1. The smallest absolute Gasteiger partial charge is 0.252 e. The van der Waals surface area contributed by atoms with Crippen LogP contribution in [0.25, 0.3) is 11.0 Å². The monoisotopic (exact) mass is 308 g/mol. The van der Waals surface area contributed by atoms with Crippen molar-refractivity contribution in [2.24, 2.45) is 0 Å². The molecule has 1 amide bonds. The predicted molar refractivity (Wildman–Crippen MR) is 90.3 cm³/mol. The lowest BCUT2D eigenvalue weighted by molar-refractivity contribution is 0.0952. The third kappa shape index (κ3) is 2.95. The molecule has 0 bridgehead atoms. The number of carbonyl (C=O) groups excluding carboxylic acids is 1. The van der Waals surface area contributed by atoms with E-state index in [4.69, 9.17) is 0 Å². The van der Waals surface area contributed by atoms with Crippen molar-refractivity contribution in [2.45, 2.75) is 33.9 Å². The second kappa shape index (κ2) is 6.20. The lowest BCUT2D eigenvalue weighted by Crippen LogP contribution is -2.23. The van der Waals surface area contributed by atoms with E-state index in [1.807, 2.05) is 61.9 Å². The summed E-state index contributed by atoms with van der Waals surface area (Å²) in [5.41, 5.74) is 4.13. The van der Waals surface area contributed by atoms with Gasteiger partial charge in [-0.2, -0.15) is 5.10 Å². The zero-order chi connectivity index (χ0) is 16.4. The molecule has 0 aliphatic heterocycles. The van der Waals surface area contributed by atoms with Crippen LogP contribution in [0.15, 0.2) is 36.4 Å². The molecule has 0 unspecified atom stereocenters. The highest BCUT2D eigenvalue weighted by Gasteiger charge is 2.18. The molecule has 5 heteroatoms. The number of fused-ring (bicyclic) bond motifs is 1. The number of pyridine rings is 1. The van der Waals surface area contributed by atoms with Gasteiger partial charge in [0.25, 0.3) is 5.91 Å². The van der Waals surface area contributed by atoms with Crippen molar-refractivity contribution >= 4 is 16.9 Å². The van der Waals surface area contributed by atoms with Crippen LogP contribution in [0.4, 0.5) is 0 Å². The van der Waals surface area contributed by atoms with Crippen molar-refractivity contribution in [1.29, 1.82) is 0 Å². The number of hydrogen-bond acceptors (Lipinski definition) is 3. The number of aromatic nitrogens is 3. The predicted octanol–water partition coefficient (Wildman–Crippen LogP) is 3.00. The van der Waals surface area contributed by atoms with Gasteiger partial charge in [0, 0.05) is 18.8 Å². The van der Waals surface area contributed by atoms with Crippen LogP contribution in [0.2, 0.25) is 0 Å². The van der Waals surface area contributed by atoms with Gasteiger partial charge in [-0.3, -0.25) is 4.79 Å². The van der Waals surface area contributed by atoms with E-state index >= 15 is 0 Å². The van der Waals surface area contributed by atoms with Crippen molar-refractivity contribution in [1.82, 2.24) is 20.1 Å². The van der Waals surface area contributed by atoms with Gasteiger partial charge in [-0.1, -0.05) is 30.3 Å². The minimum Gasteiger partial charge on any atom is -0.348 e. The van der Waals surface area contributed by atoms with Crippen LogP contribution in [0.3, 0.4) is 0 Å². The third-order valence-corrected chi connectivity index (χ3v) is 3.85. The second-order valence-corrected chi connectivity index (χ2v) is 5.58. The molecule has 1 aromatic carbocycles. The fourth-order valence-corrected chi connectivity index (χ4v) is 2.75. The Hall–Kier alpha value is -2.69. The molecule has 2 aromatic heterocycles. The Morgan fingerprint density at radius 2 is 1.96 bits per heavy atom. The quantitative estimate of drug-likeness (QED) is 0.806. The van der Waals surface area contributed by atoms with Gasteiger partial charge in [0.1, 0.15) is 0 Å². The maximum absolute atomic E-state index is 12.7. The number of nitrogens with one attached hydrogen (secondary N) is 1. The average Bonchev–Trinajstić information content (AvgIpc) is 2.88. The molecule has 5 nitrogen and oxygen atoms in total. The lowest BCUT2D eigenvalue weighted by Gasteiger charge is -2.08. The molecule has 0 fully saturated rings. The van der Waals surface area contributed by atoms with Crippen molar-refractivity contribution < 1.29 is 4.79 Å². The van der Waals surface area contributed by atoms with Gasteiger partial charge >= 0.3 is 0 Å². The summed E-state index contributed by atoms with van der Waals surface area (Å²) in [6, 6.07) is 11.7. The first-order valence-corrected chi connectivity index (χ1v) is 7.77. The molecule has 118 valence electrons. The molecule has 0 atom stereocenters. The van der Waals surface area contributed by atoms with E-state index in [1.54, 1.807) is 0 Å². The van der Waals surface area contributed by atoms with Crippen LogP contribution in [-0.4, -0.2) is 20.7 Å². The summed E-state index contributed by atoms with van der Waals surface area (Å²) < 4.78 is 1.84. The fourth-order valence-electron chi connectivity index (χ4n) is 2.75. The van der Waals surface area contributed by atoms with E-state index in [-0.39, 0.29) is 5.91 Å². The Morgan fingerprint density at radius 3 is 2.65 bits per heavy atom. The molecule has 0 saturated carbocycles. The number of carbonyl (C=O) groups is 1. The van der Waals surface area contributed by atoms with Gasteiger partial charge in [-0.15, -0.1) is 0 Å². The van der Waals surface area contributed by atoms with E-state index in [9.17, 15) is 4.79 Å². The summed E-state index contributed by atoms with van der Waals surface area (Å²) in [5, 5.41) is 8.31. The highest BCUT2D eigenvalue weighted by molar-refractivity contribution is 6.06. The van der Waals surface area contributed by atoms with E-state index < -0.39 is 0 Å². The maximum atomic E-state index is 12.7. The minimum absolute atomic E-state index is 0.0943. The fraction of sp³-hybridized carbons (Fsp3) is 0.278. The largest absolute Gasteiger partial charge is 0.348 e. The highest BCUT2D eigenvalue weighted by Crippen LogP contribution is 2.22. The first kappa shape index (κ1) is 15.2. The SMILES string of the molecule is CCn1nc(C)c2c(C(=O)NCc3ccccc3)cc(C)nc21. The van der Waals surface area contributed by atoms with E-state index in [2.05, 4.69) is 15.4 Å². The summed E-state index contributed by atoms with van der Waals surface area (Å²) in [6.45, 7) is 7.07. The molecular formula is C18H20N4O. The summed E-state index contributed by atoms with van der Waals surface area (Å²) in [5.74, 6) is -0.0943. The molecule has 1 N–H and O–H groups in total. The number of amides is 1. The normalized spacial score (nSPS) is 10.9. The third-order valence-electron chi connectivity index (χ3n) is 3.85. The number of benzene rings is 1. The van der Waals surface area contributed by atoms with Gasteiger partial charge in [0.05, 0.1) is 16.6 Å². The molecule has 0 spiro atoms. The van der Waals surface area contributed by atoms with Crippen LogP contribution < -0.4 is 5.32 Å². The van der Waals surface area contributed by atoms with Gasteiger partial charge in [-0.25, -0.2) is 9.67 Å². The van der Waals surface area contributed by atoms with Gasteiger partial charge in [0.2, 0.25) is 0 Å². The Balaban J connectivity index is 1.95.